The van der Waals surface area contributed by atoms with Crippen LogP contribution in [0, 0.1) is 0 Å². The molecule has 0 aliphatic carbocycles. The third kappa shape index (κ3) is 2.54. The zero-order valence-corrected chi connectivity index (χ0v) is 12.6. The van der Waals surface area contributed by atoms with Crippen molar-refractivity contribution in [2.24, 2.45) is 0 Å². The van der Waals surface area contributed by atoms with Crippen LogP contribution in [-0.4, -0.2) is 25.8 Å². The Morgan fingerprint density at radius 3 is 2.67 bits per heavy atom. The minimum Gasteiger partial charge on any atom is -0.475 e. The van der Waals surface area contributed by atoms with Gasteiger partial charge in [-0.15, -0.1) is 0 Å². The summed E-state index contributed by atoms with van der Waals surface area (Å²) >= 11 is 0. The van der Waals surface area contributed by atoms with E-state index in [2.05, 4.69) is 14.7 Å². The highest BCUT2D eigenvalue weighted by Gasteiger charge is 2.12. The van der Waals surface area contributed by atoms with E-state index >= 15 is 0 Å². The number of carboxylic acids is 1. The van der Waals surface area contributed by atoms with E-state index in [4.69, 9.17) is 9.63 Å². The highest BCUT2D eigenvalue weighted by molar-refractivity contribution is 5.85. The Labute approximate surface area is 137 Å². The summed E-state index contributed by atoms with van der Waals surface area (Å²) in [6, 6.07) is 17.2. The van der Waals surface area contributed by atoms with Crippen LogP contribution in [0.15, 0.2) is 65.4 Å². The summed E-state index contributed by atoms with van der Waals surface area (Å²) in [7, 11) is 0. The maximum Gasteiger partial charge on any atom is 0.374 e. The van der Waals surface area contributed by atoms with E-state index in [-0.39, 0.29) is 5.76 Å². The van der Waals surface area contributed by atoms with Crippen molar-refractivity contribution in [3.8, 4) is 11.3 Å². The third-order valence-electron chi connectivity index (χ3n) is 3.85. The Hall–Kier alpha value is -3.41. The number of fused-ring (bicyclic) bond motifs is 1. The van der Waals surface area contributed by atoms with Crippen LogP contribution in [0.25, 0.3) is 22.3 Å². The van der Waals surface area contributed by atoms with Crippen LogP contribution in [0.5, 0.6) is 0 Å². The molecule has 6 nitrogen and oxygen atoms in total. The van der Waals surface area contributed by atoms with E-state index in [1.54, 1.807) is 0 Å². The number of nitrogens with zero attached hydrogens (tertiary/aromatic N) is 3. The number of aromatic nitrogens is 3. The van der Waals surface area contributed by atoms with E-state index in [1.165, 1.54) is 6.07 Å². The number of hydrogen-bond donors (Lipinski definition) is 1. The molecular weight excluding hydrogens is 306 g/mol. The van der Waals surface area contributed by atoms with Crippen molar-refractivity contribution < 1.29 is 14.4 Å². The normalized spacial score (nSPS) is 11.0. The zero-order valence-electron chi connectivity index (χ0n) is 12.6. The summed E-state index contributed by atoms with van der Waals surface area (Å²) in [6.07, 6.45) is 1.83. The largest absolute Gasteiger partial charge is 0.475 e. The van der Waals surface area contributed by atoms with Crippen LogP contribution in [0.1, 0.15) is 16.1 Å². The maximum atomic E-state index is 10.8. The molecule has 4 aromatic rings. The van der Waals surface area contributed by atoms with E-state index in [1.807, 2.05) is 54.9 Å². The summed E-state index contributed by atoms with van der Waals surface area (Å²) in [4.78, 5) is 15.2. The second-order valence-electron chi connectivity index (χ2n) is 5.44. The molecule has 0 aliphatic rings. The molecule has 0 spiro atoms. The molecule has 0 atom stereocenters. The Morgan fingerprint density at radius 1 is 1.12 bits per heavy atom. The average Bonchev–Trinajstić information content (AvgIpc) is 3.24. The van der Waals surface area contributed by atoms with E-state index in [9.17, 15) is 4.79 Å². The van der Waals surface area contributed by atoms with Gasteiger partial charge in [0.15, 0.2) is 0 Å². The molecule has 2 aromatic carbocycles. The van der Waals surface area contributed by atoms with Crippen LogP contribution in [0.2, 0.25) is 0 Å². The first-order valence-electron chi connectivity index (χ1n) is 7.40. The smallest absolute Gasteiger partial charge is 0.374 e. The fourth-order valence-electron chi connectivity index (χ4n) is 2.63. The molecule has 24 heavy (non-hydrogen) atoms. The molecule has 6 heteroatoms. The molecule has 0 bridgehead atoms. The Morgan fingerprint density at radius 2 is 1.92 bits per heavy atom. The number of aromatic carboxylic acids is 1. The lowest BCUT2D eigenvalue weighted by molar-refractivity contribution is 0.0652. The number of para-hydroxylation sites is 2. The minimum atomic E-state index is -1.13. The molecule has 0 saturated carbocycles. The van der Waals surface area contributed by atoms with Crippen molar-refractivity contribution in [1.29, 1.82) is 0 Å². The van der Waals surface area contributed by atoms with Crippen LogP contribution in [0.4, 0.5) is 0 Å². The van der Waals surface area contributed by atoms with Gasteiger partial charge in [-0.1, -0.05) is 41.6 Å². The lowest BCUT2D eigenvalue weighted by Crippen LogP contribution is -1.97. The summed E-state index contributed by atoms with van der Waals surface area (Å²) < 4.78 is 6.87. The number of imidazole rings is 1. The van der Waals surface area contributed by atoms with Gasteiger partial charge in [-0.25, -0.2) is 9.78 Å². The van der Waals surface area contributed by atoms with Gasteiger partial charge in [-0.3, -0.25) is 0 Å². The quantitative estimate of drug-likeness (QED) is 0.623. The maximum absolute atomic E-state index is 10.8. The second kappa shape index (κ2) is 5.66. The first-order valence-corrected chi connectivity index (χ1v) is 7.40. The van der Waals surface area contributed by atoms with Crippen molar-refractivity contribution in [3.05, 3.63) is 72.2 Å². The Kier molecular flexibility index (Phi) is 3.35. The Bertz CT molecular complexity index is 1020. The van der Waals surface area contributed by atoms with Crippen LogP contribution in [-0.2, 0) is 6.54 Å². The molecule has 0 amide bonds. The van der Waals surface area contributed by atoms with Crippen molar-refractivity contribution in [3.63, 3.8) is 0 Å². The number of carbonyl (C=O) groups is 1. The summed E-state index contributed by atoms with van der Waals surface area (Å²) in [6.45, 7) is 0.708. The predicted octanol–water partition coefficient (Wildman–Crippen LogP) is 3.44. The predicted molar refractivity (Wildman–Crippen MR) is 87.7 cm³/mol. The van der Waals surface area contributed by atoms with Crippen LogP contribution >= 0.6 is 0 Å². The van der Waals surface area contributed by atoms with Gasteiger partial charge in [0.1, 0.15) is 5.69 Å². The Balaban J connectivity index is 1.58. The molecule has 118 valence electrons. The molecular formula is C18H13N3O3. The van der Waals surface area contributed by atoms with E-state index in [0.29, 0.717) is 12.2 Å². The molecule has 0 radical (unpaired) electrons. The van der Waals surface area contributed by atoms with Crippen LogP contribution < -0.4 is 0 Å². The lowest BCUT2D eigenvalue weighted by Gasteiger charge is -2.05. The molecule has 0 unspecified atom stereocenters. The van der Waals surface area contributed by atoms with Gasteiger partial charge in [-0.05, 0) is 17.7 Å². The highest BCUT2D eigenvalue weighted by atomic mass is 16.5. The minimum absolute atomic E-state index is 0.168. The molecule has 2 heterocycles. The SMILES string of the molecule is O=C(O)c1cc(-c2ccc(Cn3cnc4ccccc43)cc2)no1. The number of carboxylic acid groups (broad SMARTS) is 1. The summed E-state index contributed by atoms with van der Waals surface area (Å²) in [5.74, 6) is -1.30. The fraction of sp³-hybridized carbons (Fsp3) is 0.0556. The third-order valence-corrected chi connectivity index (χ3v) is 3.85. The number of benzene rings is 2. The van der Waals surface area contributed by atoms with Crippen molar-refractivity contribution in [2.45, 2.75) is 6.54 Å². The molecule has 0 aliphatic heterocycles. The van der Waals surface area contributed by atoms with E-state index < -0.39 is 5.97 Å². The van der Waals surface area contributed by atoms with Gasteiger partial charge >= 0.3 is 5.97 Å². The zero-order chi connectivity index (χ0) is 16.5. The van der Waals surface area contributed by atoms with Crippen molar-refractivity contribution in [2.75, 3.05) is 0 Å². The molecule has 0 fully saturated rings. The summed E-state index contributed by atoms with van der Waals surface area (Å²) in [5, 5.41) is 12.7. The molecule has 4 rings (SSSR count). The first-order chi connectivity index (χ1) is 11.7. The number of rotatable bonds is 4. The highest BCUT2D eigenvalue weighted by Crippen LogP contribution is 2.21. The monoisotopic (exact) mass is 319 g/mol. The van der Waals surface area contributed by atoms with Crippen molar-refractivity contribution >= 4 is 17.0 Å². The topological polar surface area (TPSA) is 81.1 Å². The van der Waals surface area contributed by atoms with Gasteiger partial charge in [0.25, 0.3) is 0 Å². The number of hydrogen-bond acceptors (Lipinski definition) is 4. The van der Waals surface area contributed by atoms with Gasteiger partial charge in [0.2, 0.25) is 5.76 Å². The summed E-state index contributed by atoms with van der Waals surface area (Å²) in [5.41, 5.74) is 4.49. The second-order valence-corrected chi connectivity index (χ2v) is 5.44. The lowest BCUT2D eigenvalue weighted by atomic mass is 10.1. The van der Waals surface area contributed by atoms with Gasteiger partial charge in [-0.2, -0.15) is 0 Å². The van der Waals surface area contributed by atoms with Gasteiger partial charge < -0.3 is 14.2 Å². The van der Waals surface area contributed by atoms with Crippen molar-refractivity contribution in [1.82, 2.24) is 14.7 Å². The van der Waals surface area contributed by atoms with Gasteiger partial charge in [0, 0.05) is 18.2 Å². The average molecular weight is 319 g/mol. The van der Waals surface area contributed by atoms with Crippen LogP contribution in [0.3, 0.4) is 0 Å². The fourth-order valence-corrected chi connectivity index (χ4v) is 2.63. The first kappa shape index (κ1) is 14.2. The molecule has 0 saturated heterocycles. The standard InChI is InChI=1S/C18H13N3O3/c22-18(23)17-9-15(20-24-17)13-7-5-12(6-8-13)10-21-11-19-14-3-1-2-4-16(14)21/h1-9,11H,10H2,(H,22,23). The van der Waals surface area contributed by atoms with Gasteiger partial charge in [0.05, 0.1) is 17.4 Å². The molecule has 1 N–H and O–H groups in total. The molecule has 2 aromatic heterocycles. The van der Waals surface area contributed by atoms with E-state index in [0.717, 1.165) is 22.2 Å².